The number of carbonyl (C=O) groups is 2. The van der Waals surface area contributed by atoms with E-state index in [2.05, 4.69) is 5.32 Å². The summed E-state index contributed by atoms with van der Waals surface area (Å²) < 4.78 is 24.1. The molecule has 0 saturated carbocycles. The van der Waals surface area contributed by atoms with E-state index in [0.717, 1.165) is 19.4 Å². The van der Waals surface area contributed by atoms with Crippen LogP contribution in [0.4, 0.5) is 10.1 Å². The average Bonchev–Trinajstić information content (AvgIpc) is 3.24. The number of para-hydroxylation sites is 1. The van der Waals surface area contributed by atoms with Gasteiger partial charge in [0.25, 0.3) is 11.8 Å². The van der Waals surface area contributed by atoms with E-state index < -0.39 is 0 Å². The van der Waals surface area contributed by atoms with Gasteiger partial charge in [0.05, 0.1) is 11.7 Å². The van der Waals surface area contributed by atoms with Crippen molar-refractivity contribution in [3.63, 3.8) is 0 Å². The van der Waals surface area contributed by atoms with Crippen LogP contribution < -0.4 is 15.0 Å². The molecule has 1 fully saturated rings. The summed E-state index contributed by atoms with van der Waals surface area (Å²) in [6.07, 6.45) is 1.98. The minimum Gasteiger partial charge on any atom is -0.483 e. The van der Waals surface area contributed by atoms with E-state index in [1.54, 1.807) is 31.3 Å². The Morgan fingerprint density at radius 3 is 2.68 bits per heavy atom. The van der Waals surface area contributed by atoms with E-state index in [-0.39, 0.29) is 30.3 Å². The minimum atomic E-state index is -0.371. The van der Waals surface area contributed by atoms with Crippen LogP contribution in [-0.2, 0) is 9.53 Å². The maximum absolute atomic E-state index is 13.0. The fraction of sp³-hybridized carbons (Fsp3) is 0.333. The van der Waals surface area contributed by atoms with Crippen LogP contribution in [-0.4, -0.2) is 44.7 Å². The molecule has 0 spiro atoms. The van der Waals surface area contributed by atoms with Gasteiger partial charge in [-0.15, -0.1) is 0 Å². The Balaban J connectivity index is 1.58. The largest absolute Gasteiger partial charge is 0.483 e. The first kappa shape index (κ1) is 19.8. The molecule has 0 aliphatic carbocycles. The van der Waals surface area contributed by atoms with E-state index in [9.17, 15) is 14.0 Å². The third-order valence-corrected chi connectivity index (χ3v) is 4.59. The Labute approximate surface area is 163 Å². The molecule has 2 amide bonds. The van der Waals surface area contributed by atoms with Gasteiger partial charge in [0, 0.05) is 25.9 Å². The van der Waals surface area contributed by atoms with Gasteiger partial charge in [0.1, 0.15) is 11.6 Å². The summed E-state index contributed by atoms with van der Waals surface area (Å²) >= 11 is 0. The molecule has 0 aromatic heterocycles. The van der Waals surface area contributed by atoms with Crippen molar-refractivity contribution < 1.29 is 23.5 Å². The highest BCUT2D eigenvalue weighted by Gasteiger charge is 2.19. The van der Waals surface area contributed by atoms with E-state index in [1.807, 2.05) is 0 Å². The Kier molecular flexibility index (Phi) is 6.60. The topological polar surface area (TPSA) is 67.9 Å². The van der Waals surface area contributed by atoms with Gasteiger partial charge >= 0.3 is 0 Å². The summed E-state index contributed by atoms with van der Waals surface area (Å²) in [6.45, 7) is 0.924. The molecule has 2 aromatic rings. The summed E-state index contributed by atoms with van der Waals surface area (Å²) in [4.78, 5) is 26.2. The van der Waals surface area contributed by atoms with Crippen LogP contribution in [0.2, 0.25) is 0 Å². The van der Waals surface area contributed by atoms with Crippen molar-refractivity contribution in [2.45, 2.75) is 18.9 Å². The van der Waals surface area contributed by atoms with Crippen LogP contribution in [0.1, 0.15) is 23.2 Å². The van der Waals surface area contributed by atoms with Gasteiger partial charge in [0.2, 0.25) is 0 Å². The number of halogens is 1. The maximum atomic E-state index is 13.0. The average molecular weight is 386 g/mol. The Hall–Kier alpha value is -2.93. The molecule has 1 heterocycles. The SMILES string of the molecule is CN(C(=O)COc1ccccc1C(=O)NC[C@H]1CCCO1)c1ccc(F)cc1. The van der Waals surface area contributed by atoms with Crippen molar-refractivity contribution in [2.75, 3.05) is 31.7 Å². The predicted octanol–water partition coefficient (Wildman–Crippen LogP) is 2.78. The molecule has 148 valence electrons. The van der Waals surface area contributed by atoms with Gasteiger partial charge in [-0.05, 0) is 49.2 Å². The number of benzene rings is 2. The summed E-state index contributed by atoms with van der Waals surface area (Å²) in [6, 6.07) is 12.4. The van der Waals surface area contributed by atoms with Crippen molar-refractivity contribution >= 4 is 17.5 Å². The third-order valence-electron chi connectivity index (χ3n) is 4.59. The van der Waals surface area contributed by atoms with Crippen molar-refractivity contribution in [3.8, 4) is 5.75 Å². The standard InChI is InChI=1S/C21H23FN2O4/c1-24(16-10-8-15(22)9-11-16)20(25)14-28-19-7-3-2-6-18(19)21(26)23-13-17-5-4-12-27-17/h2-3,6-11,17H,4-5,12-14H2,1H3,(H,23,26)/t17-/m1/s1. The molecule has 0 bridgehead atoms. The number of anilines is 1. The zero-order valence-electron chi connectivity index (χ0n) is 15.7. The number of rotatable bonds is 7. The highest BCUT2D eigenvalue weighted by Crippen LogP contribution is 2.19. The molecule has 3 rings (SSSR count). The lowest BCUT2D eigenvalue weighted by atomic mass is 10.1. The molecule has 7 heteroatoms. The zero-order valence-corrected chi connectivity index (χ0v) is 15.7. The number of amides is 2. The van der Waals surface area contributed by atoms with E-state index >= 15 is 0 Å². The lowest BCUT2D eigenvalue weighted by Gasteiger charge is -2.18. The van der Waals surface area contributed by atoms with E-state index in [4.69, 9.17) is 9.47 Å². The summed E-state index contributed by atoms with van der Waals surface area (Å²) in [5.41, 5.74) is 0.912. The molecule has 1 aliphatic heterocycles. The number of nitrogens with one attached hydrogen (secondary N) is 1. The van der Waals surface area contributed by atoms with Gasteiger partial charge in [-0.3, -0.25) is 9.59 Å². The van der Waals surface area contributed by atoms with Crippen LogP contribution in [0.5, 0.6) is 5.75 Å². The van der Waals surface area contributed by atoms with Crippen molar-refractivity contribution in [1.82, 2.24) is 5.32 Å². The number of hydrogen-bond donors (Lipinski definition) is 1. The molecule has 1 N–H and O–H groups in total. The van der Waals surface area contributed by atoms with Gasteiger partial charge in [0.15, 0.2) is 6.61 Å². The van der Waals surface area contributed by atoms with Gasteiger partial charge in [-0.1, -0.05) is 12.1 Å². The molecular weight excluding hydrogens is 363 g/mol. The van der Waals surface area contributed by atoms with Crippen molar-refractivity contribution in [2.24, 2.45) is 0 Å². The summed E-state index contributed by atoms with van der Waals surface area (Å²) in [5, 5.41) is 2.85. The van der Waals surface area contributed by atoms with Gasteiger partial charge in [-0.25, -0.2) is 4.39 Å². The van der Waals surface area contributed by atoms with Crippen LogP contribution in [0.25, 0.3) is 0 Å². The molecule has 0 radical (unpaired) electrons. The molecular formula is C21H23FN2O4. The number of hydrogen-bond acceptors (Lipinski definition) is 4. The summed E-state index contributed by atoms with van der Waals surface area (Å²) in [7, 11) is 1.58. The molecule has 2 aromatic carbocycles. The molecule has 1 saturated heterocycles. The van der Waals surface area contributed by atoms with Gasteiger partial charge in [-0.2, -0.15) is 0 Å². The first-order valence-electron chi connectivity index (χ1n) is 9.18. The molecule has 28 heavy (non-hydrogen) atoms. The minimum absolute atomic E-state index is 0.0444. The van der Waals surface area contributed by atoms with Crippen LogP contribution in [0.15, 0.2) is 48.5 Å². The van der Waals surface area contributed by atoms with Crippen molar-refractivity contribution in [3.05, 3.63) is 59.9 Å². The Morgan fingerprint density at radius 2 is 1.96 bits per heavy atom. The maximum Gasteiger partial charge on any atom is 0.264 e. The second kappa shape index (κ2) is 9.32. The smallest absolute Gasteiger partial charge is 0.264 e. The number of carbonyl (C=O) groups excluding carboxylic acids is 2. The monoisotopic (exact) mass is 386 g/mol. The molecule has 1 aliphatic rings. The predicted molar refractivity (Wildman–Crippen MR) is 103 cm³/mol. The summed E-state index contributed by atoms with van der Waals surface area (Å²) in [5.74, 6) is -0.636. The first-order chi connectivity index (χ1) is 13.5. The Bertz CT molecular complexity index is 819. The molecule has 1 atom stereocenters. The third kappa shape index (κ3) is 5.07. The fourth-order valence-electron chi connectivity index (χ4n) is 2.93. The lowest BCUT2D eigenvalue weighted by Crippen LogP contribution is -2.33. The number of ether oxygens (including phenoxy) is 2. The van der Waals surface area contributed by atoms with E-state index in [0.29, 0.717) is 23.5 Å². The fourth-order valence-corrected chi connectivity index (χ4v) is 2.93. The van der Waals surface area contributed by atoms with Crippen LogP contribution in [0, 0.1) is 5.82 Å². The lowest BCUT2D eigenvalue weighted by molar-refractivity contribution is -0.120. The second-order valence-corrected chi connectivity index (χ2v) is 6.56. The molecule has 0 unspecified atom stereocenters. The van der Waals surface area contributed by atoms with Crippen LogP contribution in [0.3, 0.4) is 0 Å². The quantitative estimate of drug-likeness (QED) is 0.795. The molecule has 6 nitrogen and oxygen atoms in total. The normalized spacial score (nSPS) is 15.9. The van der Waals surface area contributed by atoms with Gasteiger partial charge < -0.3 is 19.7 Å². The first-order valence-corrected chi connectivity index (χ1v) is 9.18. The van der Waals surface area contributed by atoms with Crippen molar-refractivity contribution in [1.29, 1.82) is 0 Å². The number of nitrogens with zero attached hydrogens (tertiary/aromatic N) is 1. The van der Waals surface area contributed by atoms with Crippen LogP contribution >= 0.6 is 0 Å². The second-order valence-electron chi connectivity index (χ2n) is 6.56. The highest BCUT2D eigenvalue weighted by molar-refractivity contribution is 5.97. The highest BCUT2D eigenvalue weighted by atomic mass is 19.1. The van der Waals surface area contributed by atoms with E-state index in [1.165, 1.54) is 29.2 Å². The Morgan fingerprint density at radius 1 is 1.21 bits per heavy atom. The number of likely N-dealkylation sites (N-methyl/N-ethyl adjacent to an activating group) is 1. The zero-order chi connectivity index (χ0) is 19.9.